The molecule has 0 aromatic carbocycles. The monoisotopic (exact) mass is 443 g/mol. The molecular weight excluding hydrogens is 425 g/mol. The predicted molar refractivity (Wildman–Crippen MR) is 109 cm³/mol. The molecule has 4 rings (SSSR count). The summed E-state index contributed by atoms with van der Waals surface area (Å²) in [5, 5.41) is 1.20. The molecule has 10 heteroatoms. The Hall–Kier alpha value is -1.57. The number of pyridine rings is 1. The lowest BCUT2D eigenvalue weighted by molar-refractivity contribution is 0.0123. The van der Waals surface area contributed by atoms with Gasteiger partial charge in [-0.2, -0.15) is 4.98 Å². The second-order valence-electron chi connectivity index (χ2n) is 8.12. The van der Waals surface area contributed by atoms with Gasteiger partial charge in [0.1, 0.15) is 27.1 Å². The molecule has 2 bridgehead atoms. The Morgan fingerprint density at radius 3 is 2.39 bits per heavy atom. The molecule has 150 valence electrons. The highest BCUT2D eigenvalue weighted by molar-refractivity contribution is 6.44. The maximum absolute atomic E-state index is 12.7. The zero-order valence-corrected chi connectivity index (χ0v) is 18.0. The first-order valence-electron chi connectivity index (χ1n) is 9.07. The fraction of sp³-hybridized carbons (Fsp3) is 0.556. The van der Waals surface area contributed by atoms with Crippen molar-refractivity contribution in [2.45, 2.75) is 51.3 Å². The third-order valence-electron chi connectivity index (χ3n) is 4.98. The van der Waals surface area contributed by atoms with Gasteiger partial charge >= 0.3 is 6.09 Å². The molecule has 4 heterocycles. The number of halogens is 3. The molecule has 2 fully saturated rings. The van der Waals surface area contributed by atoms with Crippen LogP contribution in [0.25, 0.3) is 10.9 Å². The fourth-order valence-corrected chi connectivity index (χ4v) is 4.42. The molecule has 2 aliphatic rings. The third-order valence-corrected chi connectivity index (χ3v) is 5.89. The van der Waals surface area contributed by atoms with Gasteiger partial charge in [0.25, 0.3) is 0 Å². The van der Waals surface area contributed by atoms with E-state index in [2.05, 4.69) is 19.9 Å². The highest BCUT2D eigenvalue weighted by atomic mass is 35.5. The van der Waals surface area contributed by atoms with Gasteiger partial charge in [-0.15, -0.1) is 0 Å². The average Bonchev–Trinajstić information content (AvgIpc) is 2.87. The molecule has 28 heavy (non-hydrogen) atoms. The summed E-state index contributed by atoms with van der Waals surface area (Å²) < 4.78 is 5.60. The quantitative estimate of drug-likeness (QED) is 0.474. The Bertz CT molecular complexity index is 935. The molecule has 2 unspecified atom stereocenters. The van der Waals surface area contributed by atoms with Gasteiger partial charge in [0.05, 0.1) is 17.5 Å². The molecule has 0 radical (unpaired) electrons. The van der Waals surface area contributed by atoms with Gasteiger partial charge < -0.3 is 9.64 Å². The van der Waals surface area contributed by atoms with Crippen LogP contribution >= 0.6 is 34.8 Å². The lowest BCUT2D eigenvalue weighted by Crippen LogP contribution is -2.57. The molecule has 0 N–H and O–H groups in total. The largest absolute Gasteiger partial charge is 0.444 e. The number of carbonyl (C=O) groups is 1. The minimum Gasteiger partial charge on any atom is -0.444 e. The normalized spacial score (nSPS) is 22.1. The van der Waals surface area contributed by atoms with E-state index in [9.17, 15) is 4.79 Å². The standard InChI is InChI=1S/C18H20Cl3N5O2/c1-18(2,3)28-17(27)26-9-4-5-10(26)8-25(7-9)15-11-6-22-14(20)12(19)13(11)23-16(21)24-15/h6,9-10H,4-5,7-8H2,1-3H3. The SMILES string of the molecule is CC(C)(C)OC(=O)N1C2CCC1CN(c1nc(Cl)nc3c(Cl)c(Cl)ncc13)C2. The van der Waals surface area contributed by atoms with Crippen molar-refractivity contribution in [2.75, 3.05) is 18.0 Å². The third kappa shape index (κ3) is 3.55. The maximum atomic E-state index is 12.7. The number of aromatic nitrogens is 3. The Labute approximate surface area is 177 Å². The summed E-state index contributed by atoms with van der Waals surface area (Å²) in [6, 6.07) is 0.0984. The van der Waals surface area contributed by atoms with Gasteiger partial charge in [0.2, 0.25) is 5.28 Å². The molecule has 2 aromatic heterocycles. The van der Waals surface area contributed by atoms with Gasteiger partial charge in [-0.1, -0.05) is 23.2 Å². The van der Waals surface area contributed by atoms with Gasteiger partial charge in [-0.05, 0) is 45.2 Å². The predicted octanol–water partition coefficient (Wildman–Crippen LogP) is 4.57. The first-order valence-corrected chi connectivity index (χ1v) is 10.2. The molecule has 0 aliphatic carbocycles. The van der Waals surface area contributed by atoms with Gasteiger partial charge in [0, 0.05) is 19.3 Å². The van der Waals surface area contributed by atoms with Crippen molar-refractivity contribution in [1.29, 1.82) is 0 Å². The van der Waals surface area contributed by atoms with Crippen molar-refractivity contribution in [3.05, 3.63) is 21.7 Å². The van der Waals surface area contributed by atoms with Crippen molar-refractivity contribution in [3.63, 3.8) is 0 Å². The molecular formula is C18H20Cl3N5O2. The van der Waals surface area contributed by atoms with Crippen LogP contribution in [-0.2, 0) is 4.74 Å². The van der Waals surface area contributed by atoms with Crippen molar-refractivity contribution < 1.29 is 9.53 Å². The minimum atomic E-state index is -0.522. The smallest absolute Gasteiger partial charge is 0.410 e. The summed E-state index contributed by atoms with van der Waals surface area (Å²) in [6.45, 7) is 6.87. The Morgan fingerprint density at radius 1 is 1.14 bits per heavy atom. The molecule has 2 aliphatic heterocycles. The average molecular weight is 445 g/mol. The molecule has 7 nitrogen and oxygen atoms in total. The number of ether oxygens (including phenoxy) is 1. The van der Waals surface area contributed by atoms with Crippen molar-refractivity contribution in [2.24, 2.45) is 0 Å². The van der Waals surface area contributed by atoms with Crippen LogP contribution in [0.15, 0.2) is 6.20 Å². The Kier molecular flexibility index (Phi) is 4.96. The van der Waals surface area contributed by atoms with Gasteiger partial charge in [0.15, 0.2) is 0 Å². The number of hydrogen-bond acceptors (Lipinski definition) is 6. The van der Waals surface area contributed by atoms with E-state index >= 15 is 0 Å². The zero-order chi connectivity index (χ0) is 20.2. The molecule has 0 spiro atoms. The fourth-order valence-electron chi connectivity index (χ4n) is 3.92. The van der Waals surface area contributed by atoms with E-state index in [4.69, 9.17) is 39.5 Å². The van der Waals surface area contributed by atoms with Crippen molar-refractivity contribution >= 4 is 57.6 Å². The van der Waals surface area contributed by atoms with Gasteiger partial charge in [-0.25, -0.2) is 14.8 Å². The van der Waals surface area contributed by atoms with E-state index in [1.807, 2.05) is 25.7 Å². The van der Waals surface area contributed by atoms with Crippen LogP contribution in [0.3, 0.4) is 0 Å². The topological polar surface area (TPSA) is 71.5 Å². The second kappa shape index (κ2) is 7.04. The van der Waals surface area contributed by atoms with Crippen LogP contribution in [0.5, 0.6) is 0 Å². The second-order valence-corrected chi connectivity index (χ2v) is 9.19. The molecule has 2 atom stereocenters. The van der Waals surface area contributed by atoms with Crippen LogP contribution < -0.4 is 4.90 Å². The number of hydrogen-bond donors (Lipinski definition) is 0. The van der Waals surface area contributed by atoms with E-state index in [-0.39, 0.29) is 33.6 Å². The number of piperazine rings is 1. The summed E-state index contributed by atoms with van der Waals surface area (Å²) in [5.74, 6) is 0.654. The molecule has 2 aromatic rings. The molecule has 2 saturated heterocycles. The maximum Gasteiger partial charge on any atom is 0.410 e. The summed E-state index contributed by atoms with van der Waals surface area (Å²) in [7, 11) is 0. The molecule has 1 amide bonds. The number of carbonyl (C=O) groups excluding carboxylic acids is 1. The summed E-state index contributed by atoms with van der Waals surface area (Å²) in [5.41, 5.74) is -0.0512. The van der Waals surface area contributed by atoms with Crippen LogP contribution in [0.1, 0.15) is 33.6 Å². The van der Waals surface area contributed by atoms with Crippen LogP contribution in [0.2, 0.25) is 15.5 Å². The number of anilines is 1. The summed E-state index contributed by atoms with van der Waals surface area (Å²) in [6.07, 6.45) is 3.18. The van der Waals surface area contributed by atoms with E-state index in [1.165, 1.54) is 0 Å². The lowest BCUT2D eigenvalue weighted by atomic mass is 10.1. The minimum absolute atomic E-state index is 0.0492. The van der Waals surface area contributed by atoms with E-state index in [0.29, 0.717) is 29.8 Å². The first kappa shape index (κ1) is 19.7. The summed E-state index contributed by atoms with van der Waals surface area (Å²) in [4.78, 5) is 29.4. The van der Waals surface area contributed by atoms with Gasteiger partial charge in [-0.3, -0.25) is 4.90 Å². The van der Waals surface area contributed by atoms with Crippen LogP contribution in [0.4, 0.5) is 10.6 Å². The number of fused-ring (bicyclic) bond motifs is 3. The Morgan fingerprint density at radius 2 is 1.79 bits per heavy atom. The zero-order valence-electron chi connectivity index (χ0n) is 15.7. The van der Waals surface area contributed by atoms with Crippen molar-refractivity contribution in [3.8, 4) is 0 Å². The number of amides is 1. The first-order chi connectivity index (χ1) is 13.1. The van der Waals surface area contributed by atoms with E-state index < -0.39 is 5.60 Å². The van der Waals surface area contributed by atoms with Crippen LogP contribution in [0, 0.1) is 0 Å². The summed E-state index contributed by atoms with van der Waals surface area (Å²) >= 11 is 18.4. The highest BCUT2D eigenvalue weighted by Gasteiger charge is 2.45. The molecule has 0 saturated carbocycles. The Balaban J connectivity index is 1.65. The highest BCUT2D eigenvalue weighted by Crippen LogP contribution is 2.37. The van der Waals surface area contributed by atoms with Crippen LogP contribution in [-0.4, -0.2) is 56.7 Å². The van der Waals surface area contributed by atoms with Crippen molar-refractivity contribution in [1.82, 2.24) is 19.9 Å². The van der Waals surface area contributed by atoms with E-state index in [1.54, 1.807) is 6.20 Å². The van der Waals surface area contributed by atoms with E-state index in [0.717, 1.165) is 12.8 Å². The number of nitrogens with zero attached hydrogens (tertiary/aromatic N) is 5. The number of rotatable bonds is 1. The lowest BCUT2D eigenvalue weighted by Gasteiger charge is -2.42.